The molecule has 0 bridgehead atoms. The summed E-state index contributed by atoms with van der Waals surface area (Å²) in [6.07, 6.45) is 0. The molecule has 0 saturated carbocycles. The molecule has 4 aromatic rings. The summed E-state index contributed by atoms with van der Waals surface area (Å²) >= 11 is 1.30. The van der Waals surface area contributed by atoms with Crippen LogP contribution in [-0.2, 0) is 9.59 Å². The molecule has 1 aliphatic rings. The number of aromatic hydroxyl groups is 1. The number of aliphatic hydroxyl groups is 1. The van der Waals surface area contributed by atoms with Crippen molar-refractivity contribution in [1.29, 1.82) is 0 Å². The number of carbonyl (C=O) groups excluding carboxylic acids is 2. The zero-order valence-electron chi connectivity index (χ0n) is 16.1. The number of aliphatic hydroxyl groups excluding tert-OH is 1. The highest BCUT2D eigenvalue weighted by molar-refractivity contribution is 7.22. The van der Waals surface area contributed by atoms with Gasteiger partial charge in [-0.1, -0.05) is 65.9 Å². The van der Waals surface area contributed by atoms with Crippen molar-refractivity contribution >= 4 is 44.1 Å². The first-order valence-corrected chi connectivity index (χ1v) is 10.4. The van der Waals surface area contributed by atoms with Gasteiger partial charge in [0.25, 0.3) is 5.78 Å². The zero-order valence-corrected chi connectivity index (χ0v) is 16.9. The molecule has 0 spiro atoms. The summed E-state index contributed by atoms with van der Waals surface area (Å²) in [5.41, 5.74) is 1.72. The molecular weight excluding hydrogens is 412 g/mol. The maximum Gasteiger partial charge on any atom is 0.301 e. The Bertz CT molecular complexity index is 1310. The number of amides is 1. The molecule has 0 radical (unpaired) electrons. The third-order valence-electron chi connectivity index (χ3n) is 5.19. The number of hydrogen-bond donors (Lipinski definition) is 2. The molecule has 5 rings (SSSR count). The van der Waals surface area contributed by atoms with Gasteiger partial charge in [-0.15, -0.1) is 0 Å². The van der Waals surface area contributed by atoms with Gasteiger partial charge >= 0.3 is 5.91 Å². The van der Waals surface area contributed by atoms with Gasteiger partial charge in [0, 0.05) is 5.56 Å². The first-order chi connectivity index (χ1) is 15.0. The molecule has 0 aliphatic carbocycles. The third kappa shape index (κ3) is 3.15. The Labute approximate surface area is 181 Å². The minimum Gasteiger partial charge on any atom is -0.508 e. The largest absolute Gasteiger partial charge is 0.508 e. The first kappa shape index (κ1) is 19.0. The van der Waals surface area contributed by atoms with Crippen LogP contribution in [-0.4, -0.2) is 26.9 Å². The Morgan fingerprint density at radius 3 is 2.29 bits per heavy atom. The monoisotopic (exact) mass is 428 g/mol. The van der Waals surface area contributed by atoms with Gasteiger partial charge in [0.05, 0.1) is 21.8 Å². The van der Waals surface area contributed by atoms with Crippen LogP contribution >= 0.6 is 11.3 Å². The molecule has 3 aromatic carbocycles. The van der Waals surface area contributed by atoms with Gasteiger partial charge in [0.2, 0.25) is 0 Å². The average Bonchev–Trinajstić information content (AvgIpc) is 3.33. The number of benzene rings is 3. The molecular formula is C24H16N2O4S. The van der Waals surface area contributed by atoms with Gasteiger partial charge in [-0.3, -0.25) is 14.5 Å². The highest BCUT2D eigenvalue weighted by Crippen LogP contribution is 2.44. The molecule has 2 N–H and O–H groups in total. The van der Waals surface area contributed by atoms with E-state index in [4.69, 9.17) is 0 Å². The number of anilines is 1. The quantitative estimate of drug-likeness (QED) is 0.282. The van der Waals surface area contributed by atoms with E-state index in [1.165, 1.54) is 28.4 Å². The lowest BCUT2D eigenvalue weighted by Crippen LogP contribution is -2.29. The summed E-state index contributed by atoms with van der Waals surface area (Å²) in [6, 6.07) is 21.5. The van der Waals surface area contributed by atoms with Crippen molar-refractivity contribution in [3.05, 3.63) is 95.6 Å². The molecule has 7 heteroatoms. The van der Waals surface area contributed by atoms with Gasteiger partial charge in [-0.25, -0.2) is 4.98 Å². The van der Waals surface area contributed by atoms with Crippen LogP contribution in [0.15, 0.2) is 84.4 Å². The van der Waals surface area contributed by atoms with Crippen molar-refractivity contribution in [2.45, 2.75) is 6.04 Å². The van der Waals surface area contributed by atoms with Crippen LogP contribution in [0.4, 0.5) is 5.13 Å². The minimum absolute atomic E-state index is 0.0128. The normalized spacial score (nSPS) is 18.1. The molecule has 1 atom stereocenters. The van der Waals surface area contributed by atoms with Crippen molar-refractivity contribution in [3.63, 3.8) is 0 Å². The lowest BCUT2D eigenvalue weighted by Gasteiger charge is -2.23. The molecule has 0 unspecified atom stereocenters. The fraction of sp³-hybridized carbons (Fsp3) is 0.0417. The topological polar surface area (TPSA) is 90.7 Å². The second-order valence-corrected chi connectivity index (χ2v) is 8.10. The predicted octanol–water partition coefficient (Wildman–Crippen LogP) is 4.63. The molecule has 2 heterocycles. The fourth-order valence-corrected chi connectivity index (χ4v) is 4.71. The highest BCUT2D eigenvalue weighted by atomic mass is 32.1. The van der Waals surface area contributed by atoms with Crippen LogP contribution in [0, 0.1) is 0 Å². The molecule has 6 nitrogen and oxygen atoms in total. The number of aromatic nitrogens is 1. The Morgan fingerprint density at radius 2 is 1.58 bits per heavy atom. The summed E-state index contributed by atoms with van der Waals surface area (Å²) in [5.74, 6) is -1.72. The number of carbonyl (C=O) groups is 2. The zero-order chi connectivity index (χ0) is 21.5. The lowest BCUT2D eigenvalue weighted by molar-refractivity contribution is -0.132. The molecule has 1 fully saturated rings. The number of rotatable bonds is 3. The van der Waals surface area contributed by atoms with Gasteiger partial charge < -0.3 is 10.2 Å². The number of Topliss-reactive ketones (excluding diaryl/α,β-unsaturated/α-hetero) is 1. The predicted molar refractivity (Wildman–Crippen MR) is 119 cm³/mol. The molecule has 1 amide bonds. The van der Waals surface area contributed by atoms with E-state index in [2.05, 4.69) is 4.98 Å². The Hall–Kier alpha value is -3.97. The van der Waals surface area contributed by atoms with E-state index in [-0.39, 0.29) is 17.1 Å². The molecule has 152 valence electrons. The van der Waals surface area contributed by atoms with Crippen LogP contribution < -0.4 is 4.90 Å². The Balaban J connectivity index is 1.74. The summed E-state index contributed by atoms with van der Waals surface area (Å²) in [5, 5.41) is 21.1. The molecule has 1 aliphatic heterocycles. The number of ketones is 1. The van der Waals surface area contributed by atoms with Crippen molar-refractivity contribution < 1.29 is 19.8 Å². The van der Waals surface area contributed by atoms with Crippen molar-refractivity contribution in [3.8, 4) is 5.75 Å². The van der Waals surface area contributed by atoms with Crippen LogP contribution in [0.3, 0.4) is 0 Å². The van der Waals surface area contributed by atoms with Crippen molar-refractivity contribution in [1.82, 2.24) is 4.98 Å². The molecule has 1 saturated heterocycles. The van der Waals surface area contributed by atoms with Gasteiger partial charge in [-0.05, 0) is 29.8 Å². The maximum atomic E-state index is 13.1. The number of thiazole rings is 1. The summed E-state index contributed by atoms with van der Waals surface area (Å²) in [4.78, 5) is 32.1. The standard InChI is InChI=1S/C24H16N2O4S/c27-16-12-10-14(11-13-16)20-19(21(28)15-6-2-1-3-7-15)22(29)23(30)26(20)24-25-17-8-4-5-9-18(17)31-24/h1-13,20,27-28H/t20-/m1/s1. The van der Waals surface area contributed by atoms with Gasteiger partial charge in [0.15, 0.2) is 5.13 Å². The summed E-state index contributed by atoms with van der Waals surface area (Å²) < 4.78 is 0.881. The number of nitrogens with zero attached hydrogens (tertiary/aromatic N) is 2. The van der Waals surface area contributed by atoms with E-state index < -0.39 is 17.7 Å². The fourth-order valence-electron chi connectivity index (χ4n) is 3.72. The number of fused-ring (bicyclic) bond motifs is 1. The van der Waals surface area contributed by atoms with E-state index in [1.807, 2.05) is 24.3 Å². The van der Waals surface area contributed by atoms with E-state index in [9.17, 15) is 19.8 Å². The van der Waals surface area contributed by atoms with E-state index in [0.29, 0.717) is 16.3 Å². The van der Waals surface area contributed by atoms with Crippen LogP contribution in [0.1, 0.15) is 17.2 Å². The number of hydrogen-bond acceptors (Lipinski definition) is 6. The molecule has 1 aromatic heterocycles. The van der Waals surface area contributed by atoms with Crippen molar-refractivity contribution in [2.75, 3.05) is 4.90 Å². The second-order valence-electron chi connectivity index (χ2n) is 7.09. The number of phenolic OH excluding ortho intramolecular Hbond substituents is 1. The van der Waals surface area contributed by atoms with E-state index in [0.717, 1.165) is 10.2 Å². The number of para-hydroxylation sites is 1. The van der Waals surface area contributed by atoms with Crippen LogP contribution in [0.2, 0.25) is 0 Å². The first-order valence-electron chi connectivity index (χ1n) is 9.55. The average molecular weight is 428 g/mol. The Morgan fingerprint density at radius 1 is 0.903 bits per heavy atom. The summed E-state index contributed by atoms with van der Waals surface area (Å²) in [6.45, 7) is 0. The highest BCUT2D eigenvalue weighted by Gasteiger charge is 2.48. The van der Waals surface area contributed by atoms with E-state index >= 15 is 0 Å². The third-order valence-corrected chi connectivity index (χ3v) is 6.22. The van der Waals surface area contributed by atoms with Crippen LogP contribution in [0.25, 0.3) is 16.0 Å². The minimum atomic E-state index is -0.874. The summed E-state index contributed by atoms with van der Waals surface area (Å²) in [7, 11) is 0. The van der Waals surface area contributed by atoms with Crippen LogP contribution in [0.5, 0.6) is 5.75 Å². The Kier molecular flexibility index (Phi) is 4.52. The smallest absolute Gasteiger partial charge is 0.301 e. The SMILES string of the molecule is O=C1C(=O)N(c2nc3ccccc3s2)[C@H](c2ccc(O)cc2)C1=C(O)c1ccccc1. The lowest BCUT2D eigenvalue weighted by atomic mass is 9.95. The van der Waals surface area contributed by atoms with Gasteiger partial charge in [-0.2, -0.15) is 0 Å². The second kappa shape index (κ2) is 7.37. The molecule has 31 heavy (non-hydrogen) atoms. The number of phenols is 1. The van der Waals surface area contributed by atoms with Crippen molar-refractivity contribution in [2.24, 2.45) is 0 Å². The maximum absolute atomic E-state index is 13.1. The van der Waals surface area contributed by atoms with E-state index in [1.54, 1.807) is 42.5 Å². The van der Waals surface area contributed by atoms with Gasteiger partial charge in [0.1, 0.15) is 11.5 Å².